The Labute approximate surface area is 240 Å². The van der Waals surface area contributed by atoms with Gasteiger partial charge >= 0.3 is 10.2 Å². The number of carbonyl (C=O) groups excluding carboxylic acids is 2. The Bertz CT molecular complexity index is 1440. The summed E-state index contributed by atoms with van der Waals surface area (Å²) in [5.41, 5.74) is 0.346. The average molecular weight is 587 g/mol. The van der Waals surface area contributed by atoms with E-state index in [2.05, 4.69) is 5.32 Å². The number of para-hydroxylation sites is 1. The van der Waals surface area contributed by atoms with Gasteiger partial charge in [0.25, 0.3) is 0 Å². The molecule has 0 saturated carbocycles. The molecule has 0 heterocycles. The van der Waals surface area contributed by atoms with Crippen molar-refractivity contribution >= 4 is 27.7 Å². The van der Waals surface area contributed by atoms with Crippen LogP contribution in [-0.2, 0) is 32.8 Å². The maximum atomic E-state index is 14.9. The number of nitrogens with zero attached hydrogens (tertiary/aromatic N) is 3. The van der Waals surface area contributed by atoms with Gasteiger partial charge in [0.15, 0.2) is 0 Å². The number of halogens is 2. The molecule has 2 amide bonds. The second kappa shape index (κ2) is 13.2. The van der Waals surface area contributed by atoms with Gasteiger partial charge < -0.3 is 10.2 Å². The van der Waals surface area contributed by atoms with E-state index in [-0.39, 0.29) is 18.7 Å². The first-order valence-electron chi connectivity index (χ1n) is 13.0. The first kappa shape index (κ1) is 31.7. The van der Waals surface area contributed by atoms with Crippen molar-refractivity contribution in [3.05, 3.63) is 102 Å². The number of hydrogen-bond acceptors (Lipinski definition) is 4. The van der Waals surface area contributed by atoms with Gasteiger partial charge in [-0.3, -0.25) is 9.59 Å². The van der Waals surface area contributed by atoms with Gasteiger partial charge in [-0.1, -0.05) is 54.6 Å². The number of hydrogen-bond donors (Lipinski definition) is 1. The van der Waals surface area contributed by atoms with Crippen molar-refractivity contribution in [3.63, 3.8) is 0 Å². The molecule has 0 spiro atoms. The van der Waals surface area contributed by atoms with Gasteiger partial charge in [0.05, 0.1) is 5.69 Å². The molecule has 1 atom stereocenters. The topological polar surface area (TPSA) is 90.0 Å². The van der Waals surface area contributed by atoms with E-state index < -0.39 is 51.8 Å². The average Bonchev–Trinajstić information content (AvgIpc) is 2.90. The molecule has 0 fully saturated rings. The lowest BCUT2D eigenvalue weighted by molar-refractivity contribution is -0.140. The summed E-state index contributed by atoms with van der Waals surface area (Å²) in [6, 6.07) is 18.7. The van der Waals surface area contributed by atoms with E-state index in [0.717, 1.165) is 15.9 Å². The lowest BCUT2D eigenvalue weighted by Gasteiger charge is -2.35. The minimum atomic E-state index is -4.33. The molecule has 0 aliphatic heterocycles. The summed E-state index contributed by atoms with van der Waals surface area (Å²) in [6.45, 7) is 4.51. The van der Waals surface area contributed by atoms with Crippen LogP contribution in [0.25, 0.3) is 0 Å². The highest BCUT2D eigenvalue weighted by molar-refractivity contribution is 7.90. The zero-order valence-electron chi connectivity index (χ0n) is 23.8. The maximum absolute atomic E-state index is 14.9. The van der Waals surface area contributed by atoms with Crippen LogP contribution in [0.4, 0.5) is 14.5 Å². The monoisotopic (exact) mass is 586 g/mol. The van der Waals surface area contributed by atoms with Crippen molar-refractivity contribution in [1.82, 2.24) is 14.5 Å². The van der Waals surface area contributed by atoms with Crippen molar-refractivity contribution in [3.8, 4) is 0 Å². The van der Waals surface area contributed by atoms with Crippen LogP contribution in [0.2, 0.25) is 0 Å². The number of benzene rings is 3. The van der Waals surface area contributed by atoms with Crippen molar-refractivity contribution in [2.24, 2.45) is 0 Å². The normalized spacial score (nSPS) is 12.6. The minimum absolute atomic E-state index is 0.121. The summed E-state index contributed by atoms with van der Waals surface area (Å²) in [6.07, 6.45) is 0.121. The molecule has 0 unspecified atom stereocenters. The number of anilines is 1. The lowest BCUT2D eigenvalue weighted by atomic mass is 10.0. The summed E-state index contributed by atoms with van der Waals surface area (Å²) < 4.78 is 56.8. The molecule has 3 rings (SSSR count). The molecule has 0 radical (unpaired) electrons. The minimum Gasteiger partial charge on any atom is -0.350 e. The summed E-state index contributed by atoms with van der Waals surface area (Å²) in [4.78, 5) is 29.1. The Morgan fingerprint density at radius 3 is 2.00 bits per heavy atom. The fourth-order valence-electron chi connectivity index (χ4n) is 4.15. The smallest absolute Gasteiger partial charge is 0.304 e. The van der Waals surface area contributed by atoms with E-state index in [1.807, 2.05) is 30.3 Å². The molecular weight excluding hydrogens is 550 g/mol. The van der Waals surface area contributed by atoms with Crippen LogP contribution >= 0.6 is 0 Å². The van der Waals surface area contributed by atoms with Crippen molar-refractivity contribution < 1.29 is 26.8 Å². The van der Waals surface area contributed by atoms with Gasteiger partial charge in [-0.15, -0.1) is 0 Å². The predicted octanol–water partition coefficient (Wildman–Crippen LogP) is 4.13. The third kappa shape index (κ3) is 8.58. The van der Waals surface area contributed by atoms with Crippen molar-refractivity contribution in [1.29, 1.82) is 0 Å². The molecule has 0 bridgehead atoms. The van der Waals surface area contributed by atoms with Gasteiger partial charge in [0, 0.05) is 32.6 Å². The highest BCUT2D eigenvalue weighted by Crippen LogP contribution is 2.24. The van der Waals surface area contributed by atoms with Gasteiger partial charge in [-0.2, -0.15) is 12.7 Å². The number of carbonyl (C=O) groups is 2. The SMILES string of the molecule is CN(C)S(=O)(=O)N(CC(=O)N(Cc1ccc(F)cc1)[C@@H](Cc1ccccc1)C(=O)NC(C)(C)C)c1ccccc1F. The molecule has 1 N–H and O–H groups in total. The van der Waals surface area contributed by atoms with E-state index in [1.165, 1.54) is 61.5 Å². The maximum Gasteiger partial charge on any atom is 0.304 e. The van der Waals surface area contributed by atoms with Crippen LogP contribution in [0.5, 0.6) is 0 Å². The fourth-order valence-corrected chi connectivity index (χ4v) is 5.21. The molecule has 0 saturated heterocycles. The third-order valence-electron chi connectivity index (χ3n) is 6.18. The Morgan fingerprint density at radius 1 is 0.854 bits per heavy atom. The molecule has 0 aromatic heterocycles. The second-order valence-corrected chi connectivity index (χ2v) is 12.9. The Morgan fingerprint density at radius 2 is 1.44 bits per heavy atom. The molecule has 220 valence electrons. The number of nitrogens with one attached hydrogen (secondary N) is 1. The summed E-state index contributed by atoms with van der Waals surface area (Å²) in [5.74, 6) is -2.50. The van der Waals surface area contributed by atoms with Crippen LogP contribution in [-0.4, -0.2) is 61.7 Å². The van der Waals surface area contributed by atoms with Gasteiger partial charge in [-0.05, 0) is 56.2 Å². The Hall–Kier alpha value is -3.83. The van der Waals surface area contributed by atoms with E-state index in [1.54, 1.807) is 20.8 Å². The zero-order valence-corrected chi connectivity index (χ0v) is 24.7. The molecule has 0 aliphatic rings. The first-order valence-corrected chi connectivity index (χ1v) is 14.4. The van der Waals surface area contributed by atoms with Gasteiger partial charge in [0.1, 0.15) is 24.2 Å². The zero-order chi connectivity index (χ0) is 30.4. The van der Waals surface area contributed by atoms with Crippen molar-refractivity contribution in [2.45, 2.75) is 45.3 Å². The highest BCUT2D eigenvalue weighted by Gasteiger charge is 2.36. The molecule has 0 aliphatic carbocycles. The van der Waals surface area contributed by atoms with Crippen LogP contribution in [0.1, 0.15) is 31.9 Å². The quantitative estimate of drug-likeness (QED) is 0.366. The third-order valence-corrected chi connectivity index (χ3v) is 7.98. The number of amides is 2. The second-order valence-electron chi connectivity index (χ2n) is 10.8. The van der Waals surface area contributed by atoms with E-state index in [0.29, 0.717) is 9.87 Å². The summed E-state index contributed by atoms with van der Waals surface area (Å²) in [7, 11) is -1.77. The molecule has 3 aromatic carbocycles. The van der Waals surface area contributed by atoms with E-state index in [4.69, 9.17) is 0 Å². The lowest BCUT2D eigenvalue weighted by Crippen LogP contribution is -2.56. The van der Waals surface area contributed by atoms with Crippen LogP contribution in [0.3, 0.4) is 0 Å². The van der Waals surface area contributed by atoms with E-state index >= 15 is 0 Å². The largest absolute Gasteiger partial charge is 0.350 e. The van der Waals surface area contributed by atoms with E-state index in [9.17, 15) is 26.8 Å². The Kier molecular flexibility index (Phi) is 10.2. The molecular formula is C30H36F2N4O4S. The Balaban J connectivity index is 2.12. The highest BCUT2D eigenvalue weighted by atomic mass is 32.2. The predicted molar refractivity (Wildman–Crippen MR) is 155 cm³/mol. The van der Waals surface area contributed by atoms with Crippen LogP contribution < -0.4 is 9.62 Å². The summed E-state index contributed by atoms with van der Waals surface area (Å²) in [5, 5.41) is 2.92. The van der Waals surface area contributed by atoms with Crippen LogP contribution in [0, 0.1) is 11.6 Å². The molecule has 11 heteroatoms. The van der Waals surface area contributed by atoms with Gasteiger partial charge in [0.2, 0.25) is 11.8 Å². The van der Waals surface area contributed by atoms with Crippen molar-refractivity contribution in [2.75, 3.05) is 24.9 Å². The fraction of sp³-hybridized carbons (Fsp3) is 0.333. The first-order chi connectivity index (χ1) is 19.2. The molecule has 3 aromatic rings. The summed E-state index contributed by atoms with van der Waals surface area (Å²) >= 11 is 0. The number of rotatable bonds is 11. The molecule has 41 heavy (non-hydrogen) atoms. The molecule has 8 nitrogen and oxygen atoms in total. The van der Waals surface area contributed by atoms with Gasteiger partial charge in [-0.25, -0.2) is 13.1 Å². The standard InChI is InChI=1S/C30H36F2N4O4S/c1-30(2,3)33-29(38)27(19-22-11-7-6-8-12-22)35(20-23-15-17-24(31)18-16-23)28(37)21-36(41(39,40)34(4)5)26-14-10-9-13-25(26)32/h6-18,27H,19-21H2,1-5H3,(H,33,38)/t27-/m0/s1. The van der Waals surface area contributed by atoms with Crippen LogP contribution in [0.15, 0.2) is 78.9 Å².